The summed E-state index contributed by atoms with van der Waals surface area (Å²) in [7, 11) is 2.92. The fraction of sp³-hybridized carbons (Fsp3) is 0.435. The van der Waals surface area contributed by atoms with Crippen molar-refractivity contribution in [1.29, 1.82) is 0 Å². The first-order valence-electron chi connectivity index (χ1n) is 11.9. The van der Waals surface area contributed by atoms with Gasteiger partial charge in [-0.05, 0) is 6.42 Å². The second-order valence-corrected chi connectivity index (χ2v) is 9.07. The summed E-state index contributed by atoms with van der Waals surface area (Å²) in [5.41, 5.74) is 1.04. The molecule has 14 heteroatoms. The monoisotopic (exact) mass is 513 g/mol. The number of nitrogens with zero attached hydrogens (tertiary/aromatic N) is 7. The van der Waals surface area contributed by atoms with E-state index in [0.717, 1.165) is 6.54 Å². The number of methoxy groups -OCH3 is 1. The molecule has 0 spiro atoms. The SMILES string of the molecule is CNC(=O)c1cnc2ncc(-c3c(F)cn4nc(N[C@@H]5CCN(C6COC6)C[C@@H]5F)nc(OC)c34)cn12. The molecule has 4 aromatic heterocycles. The molecule has 2 aliphatic rings. The molecule has 0 aliphatic carbocycles. The van der Waals surface area contributed by atoms with E-state index < -0.39 is 18.0 Å². The number of rotatable bonds is 6. The zero-order valence-electron chi connectivity index (χ0n) is 20.2. The lowest BCUT2D eigenvalue weighted by atomic mass is 10.0. The van der Waals surface area contributed by atoms with Crippen molar-refractivity contribution in [2.24, 2.45) is 0 Å². The van der Waals surface area contributed by atoms with Crippen molar-refractivity contribution in [3.63, 3.8) is 0 Å². The fourth-order valence-corrected chi connectivity index (χ4v) is 4.82. The number of ether oxygens (including phenoxy) is 2. The van der Waals surface area contributed by atoms with Gasteiger partial charge < -0.3 is 20.1 Å². The normalized spacial score (nSPS) is 20.8. The predicted molar refractivity (Wildman–Crippen MR) is 128 cm³/mol. The molecule has 2 saturated heterocycles. The number of likely N-dealkylation sites (tertiary alicyclic amines) is 1. The number of fused-ring (bicyclic) bond motifs is 2. The summed E-state index contributed by atoms with van der Waals surface area (Å²) in [5.74, 6) is -0.426. The highest BCUT2D eigenvalue weighted by atomic mass is 19.1. The molecule has 2 N–H and O–H groups in total. The number of hydrogen-bond acceptors (Lipinski definition) is 9. The summed E-state index contributed by atoms with van der Waals surface area (Å²) >= 11 is 0. The number of carbonyl (C=O) groups excluding carboxylic acids is 1. The molecule has 4 aromatic rings. The van der Waals surface area contributed by atoms with Gasteiger partial charge in [-0.25, -0.2) is 23.3 Å². The van der Waals surface area contributed by atoms with Crippen LogP contribution in [0.3, 0.4) is 0 Å². The lowest BCUT2D eigenvalue weighted by Crippen LogP contribution is -2.57. The Balaban J connectivity index is 1.33. The van der Waals surface area contributed by atoms with E-state index in [1.165, 1.54) is 41.7 Å². The van der Waals surface area contributed by atoms with Crippen LogP contribution in [0.5, 0.6) is 5.88 Å². The number of anilines is 1. The number of amides is 1. The molecule has 0 radical (unpaired) electrons. The molecule has 2 atom stereocenters. The van der Waals surface area contributed by atoms with Crippen molar-refractivity contribution in [3.05, 3.63) is 36.3 Å². The van der Waals surface area contributed by atoms with Gasteiger partial charge in [-0.15, -0.1) is 5.10 Å². The van der Waals surface area contributed by atoms with Crippen LogP contribution >= 0.6 is 0 Å². The van der Waals surface area contributed by atoms with E-state index in [4.69, 9.17) is 9.47 Å². The minimum absolute atomic E-state index is 0.105. The molecule has 0 aromatic carbocycles. The third-order valence-electron chi connectivity index (χ3n) is 6.88. The van der Waals surface area contributed by atoms with Crippen molar-refractivity contribution < 1.29 is 23.0 Å². The Morgan fingerprint density at radius 2 is 2.05 bits per heavy atom. The number of halogens is 2. The van der Waals surface area contributed by atoms with Gasteiger partial charge in [0.2, 0.25) is 17.6 Å². The van der Waals surface area contributed by atoms with Crippen molar-refractivity contribution in [2.45, 2.75) is 24.7 Å². The maximum atomic E-state index is 15.3. The van der Waals surface area contributed by atoms with Gasteiger partial charge in [0.1, 0.15) is 17.4 Å². The average molecular weight is 514 g/mol. The van der Waals surface area contributed by atoms with Crippen LogP contribution in [-0.4, -0.2) is 98.5 Å². The molecule has 6 rings (SSSR count). The maximum absolute atomic E-state index is 15.3. The summed E-state index contributed by atoms with van der Waals surface area (Å²) in [4.78, 5) is 27.1. The smallest absolute Gasteiger partial charge is 0.269 e. The molecular formula is C23H25F2N9O3. The Morgan fingerprint density at radius 1 is 1.24 bits per heavy atom. The molecule has 194 valence electrons. The van der Waals surface area contributed by atoms with E-state index in [1.54, 1.807) is 6.20 Å². The molecule has 0 unspecified atom stereocenters. The van der Waals surface area contributed by atoms with Crippen molar-refractivity contribution >= 4 is 23.1 Å². The van der Waals surface area contributed by atoms with E-state index in [0.29, 0.717) is 31.7 Å². The van der Waals surface area contributed by atoms with Gasteiger partial charge in [-0.3, -0.25) is 14.1 Å². The van der Waals surface area contributed by atoms with Crippen LogP contribution in [0.2, 0.25) is 0 Å². The van der Waals surface area contributed by atoms with Crippen LogP contribution in [0.15, 0.2) is 24.8 Å². The topological polar surface area (TPSA) is 123 Å². The summed E-state index contributed by atoms with van der Waals surface area (Å²) in [6, 6.07) is -0.216. The zero-order chi connectivity index (χ0) is 25.7. The number of hydrogen-bond donors (Lipinski definition) is 2. The second kappa shape index (κ2) is 9.19. The van der Waals surface area contributed by atoms with Crippen molar-refractivity contribution in [3.8, 4) is 17.0 Å². The quantitative estimate of drug-likeness (QED) is 0.391. The number of piperidine rings is 1. The van der Waals surface area contributed by atoms with E-state index in [9.17, 15) is 9.18 Å². The van der Waals surface area contributed by atoms with Gasteiger partial charge in [-0.2, -0.15) is 4.98 Å². The van der Waals surface area contributed by atoms with Gasteiger partial charge in [0.15, 0.2) is 5.82 Å². The Labute approximate surface area is 209 Å². The van der Waals surface area contributed by atoms with Crippen molar-refractivity contribution in [1.82, 2.24) is 39.2 Å². The summed E-state index contributed by atoms with van der Waals surface area (Å²) in [6.07, 6.45) is 5.05. The van der Waals surface area contributed by atoms with E-state index in [2.05, 4.69) is 35.6 Å². The molecule has 1 amide bonds. The first-order chi connectivity index (χ1) is 18.0. The van der Waals surface area contributed by atoms with Gasteiger partial charge in [0, 0.05) is 38.1 Å². The van der Waals surface area contributed by atoms with Crippen LogP contribution in [0.25, 0.3) is 22.4 Å². The lowest BCUT2D eigenvalue weighted by molar-refractivity contribution is -0.0794. The van der Waals surface area contributed by atoms with Crippen LogP contribution < -0.4 is 15.4 Å². The van der Waals surface area contributed by atoms with Crippen LogP contribution in [0.1, 0.15) is 16.9 Å². The average Bonchev–Trinajstić information content (AvgIpc) is 3.43. The molecule has 12 nitrogen and oxygen atoms in total. The number of aromatic nitrogens is 6. The first kappa shape index (κ1) is 23.5. The van der Waals surface area contributed by atoms with Crippen LogP contribution in [0, 0.1) is 5.82 Å². The minimum atomic E-state index is -1.13. The third kappa shape index (κ3) is 4.01. The first-order valence-corrected chi connectivity index (χ1v) is 11.9. The Bertz CT molecular complexity index is 1490. The Hall–Kier alpha value is -3.91. The zero-order valence-corrected chi connectivity index (χ0v) is 20.2. The van der Waals surface area contributed by atoms with Gasteiger partial charge in [0.05, 0.1) is 50.4 Å². The third-order valence-corrected chi connectivity index (χ3v) is 6.88. The number of nitrogens with one attached hydrogen (secondary N) is 2. The Kier molecular flexibility index (Phi) is 5.83. The highest BCUT2D eigenvalue weighted by molar-refractivity contribution is 5.93. The predicted octanol–water partition coefficient (Wildman–Crippen LogP) is 1.17. The molecular weight excluding hydrogens is 488 g/mol. The largest absolute Gasteiger partial charge is 0.479 e. The van der Waals surface area contributed by atoms with Gasteiger partial charge in [0.25, 0.3) is 5.91 Å². The van der Waals surface area contributed by atoms with Gasteiger partial charge in [-0.1, -0.05) is 0 Å². The maximum Gasteiger partial charge on any atom is 0.269 e. The lowest BCUT2D eigenvalue weighted by Gasteiger charge is -2.42. The fourth-order valence-electron chi connectivity index (χ4n) is 4.82. The van der Waals surface area contributed by atoms with E-state index >= 15 is 4.39 Å². The number of carbonyl (C=O) groups is 1. The van der Waals surface area contributed by atoms with E-state index in [1.807, 2.05) is 0 Å². The van der Waals surface area contributed by atoms with Gasteiger partial charge >= 0.3 is 0 Å². The molecule has 2 fully saturated rings. The summed E-state index contributed by atoms with van der Waals surface area (Å²) < 4.78 is 43.8. The standard InChI is InChI=1S/C23H25F2N9O3/c1-26-20(35)17-6-28-23-27-5-12(7-33(17)23)18-15(25)9-34-19(18)21(36-2)30-22(31-34)29-16-3-4-32(8-14(16)24)13-10-37-11-13/h5-7,9,13-14,16H,3-4,8,10-11H2,1-2H3,(H,26,35)(H,29,31)/t14-,16+/m0/s1. The van der Waals surface area contributed by atoms with E-state index in [-0.39, 0.29) is 46.3 Å². The molecule has 6 heterocycles. The molecule has 2 aliphatic heterocycles. The highest BCUT2D eigenvalue weighted by Gasteiger charge is 2.36. The number of imidazole rings is 1. The second-order valence-electron chi connectivity index (χ2n) is 9.07. The molecule has 0 bridgehead atoms. The van der Waals surface area contributed by atoms with Crippen LogP contribution in [-0.2, 0) is 4.74 Å². The summed E-state index contributed by atoms with van der Waals surface area (Å²) in [5, 5.41) is 9.99. The van der Waals surface area contributed by atoms with Crippen molar-refractivity contribution in [2.75, 3.05) is 45.8 Å². The minimum Gasteiger partial charge on any atom is -0.479 e. The highest BCUT2D eigenvalue weighted by Crippen LogP contribution is 2.34. The Morgan fingerprint density at radius 3 is 2.76 bits per heavy atom. The molecule has 37 heavy (non-hydrogen) atoms. The van der Waals surface area contributed by atoms with Crippen LogP contribution in [0.4, 0.5) is 14.7 Å². The summed E-state index contributed by atoms with van der Waals surface area (Å²) in [6.45, 7) is 2.31. The number of alkyl halides is 1. The molecule has 0 saturated carbocycles.